The number of aryl methyl sites for hydroxylation is 1. The van der Waals surface area contributed by atoms with Gasteiger partial charge in [-0.1, -0.05) is 30.3 Å². The lowest BCUT2D eigenvalue weighted by molar-refractivity contribution is -0.122. The Labute approximate surface area is 196 Å². The number of benzene rings is 2. The van der Waals surface area contributed by atoms with E-state index in [1.54, 1.807) is 19.1 Å². The number of rotatable bonds is 9. The van der Waals surface area contributed by atoms with E-state index in [1.165, 1.54) is 18.4 Å². The molecule has 2 amide bonds. The molecule has 1 heterocycles. The first-order valence-corrected chi connectivity index (χ1v) is 12.6. The molecule has 11 heteroatoms. The van der Waals surface area contributed by atoms with Gasteiger partial charge in [-0.05, 0) is 36.8 Å². The molecule has 0 aliphatic carbocycles. The summed E-state index contributed by atoms with van der Waals surface area (Å²) in [6.45, 7) is 2.10. The van der Waals surface area contributed by atoms with Gasteiger partial charge in [0.1, 0.15) is 11.4 Å². The molecular formula is C22H24N4O5S2. The smallest absolute Gasteiger partial charge is 0.284 e. The lowest BCUT2D eigenvalue weighted by atomic mass is 10.2. The number of anilines is 2. The molecule has 9 nitrogen and oxygen atoms in total. The Kier molecular flexibility index (Phi) is 7.67. The first-order valence-electron chi connectivity index (χ1n) is 9.90. The number of likely N-dealkylation sites (N-methyl/N-ethyl adjacent to an activating group) is 1. The maximum absolute atomic E-state index is 12.4. The van der Waals surface area contributed by atoms with E-state index in [2.05, 4.69) is 10.3 Å². The molecule has 2 aromatic carbocycles. The van der Waals surface area contributed by atoms with Crippen molar-refractivity contribution in [1.29, 1.82) is 0 Å². The zero-order valence-corrected chi connectivity index (χ0v) is 20.0. The largest absolute Gasteiger partial charge is 0.484 e. The first-order chi connectivity index (χ1) is 15.7. The number of sulfonamides is 1. The molecule has 0 saturated carbocycles. The second-order valence-electron chi connectivity index (χ2n) is 7.13. The van der Waals surface area contributed by atoms with Crippen molar-refractivity contribution in [2.75, 3.05) is 24.8 Å². The van der Waals surface area contributed by atoms with Gasteiger partial charge >= 0.3 is 0 Å². The highest BCUT2D eigenvalue weighted by Crippen LogP contribution is 2.34. The zero-order valence-electron chi connectivity index (χ0n) is 18.4. The highest BCUT2D eigenvalue weighted by Gasteiger charge is 2.22. The van der Waals surface area contributed by atoms with E-state index < -0.39 is 15.9 Å². The summed E-state index contributed by atoms with van der Waals surface area (Å²) in [5, 5.41) is 3.03. The Morgan fingerprint density at radius 1 is 1.09 bits per heavy atom. The van der Waals surface area contributed by atoms with Gasteiger partial charge in [-0.3, -0.25) is 9.59 Å². The van der Waals surface area contributed by atoms with E-state index in [4.69, 9.17) is 4.74 Å². The molecular weight excluding hydrogens is 464 g/mol. The molecule has 0 saturated heterocycles. The fraction of sp³-hybridized carbons (Fsp3) is 0.227. The number of ether oxygens (including phenoxy) is 1. The van der Waals surface area contributed by atoms with Gasteiger partial charge in [-0.2, -0.15) is 0 Å². The van der Waals surface area contributed by atoms with E-state index in [1.807, 2.05) is 52.1 Å². The van der Waals surface area contributed by atoms with Gasteiger partial charge in [0, 0.05) is 17.6 Å². The molecule has 0 spiro atoms. The average Bonchev–Trinajstić information content (AvgIpc) is 3.17. The number of amides is 2. The second kappa shape index (κ2) is 10.5. The van der Waals surface area contributed by atoms with Crippen LogP contribution in [0.2, 0.25) is 0 Å². The van der Waals surface area contributed by atoms with Gasteiger partial charge in [0.25, 0.3) is 11.8 Å². The Balaban J connectivity index is 1.92. The highest BCUT2D eigenvalue weighted by molar-refractivity contribution is 7.89. The Morgan fingerprint density at radius 3 is 2.36 bits per heavy atom. The number of nitrogens with zero attached hydrogens (tertiary/aromatic N) is 2. The number of thiazole rings is 1. The fourth-order valence-electron chi connectivity index (χ4n) is 2.90. The third-order valence-corrected chi connectivity index (χ3v) is 6.04. The number of hydrogen-bond acceptors (Lipinski definition) is 8. The molecule has 0 fully saturated rings. The minimum atomic E-state index is -3.71. The van der Waals surface area contributed by atoms with Crippen molar-refractivity contribution in [3.63, 3.8) is 0 Å². The van der Waals surface area contributed by atoms with Gasteiger partial charge < -0.3 is 15.0 Å². The summed E-state index contributed by atoms with van der Waals surface area (Å²) >= 11 is 1.29. The lowest BCUT2D eigenvalue weighted by Crippen LogP contribution is -2.30. The molecule has 0 radical (unpaired) electrons. The fourth-order valence-corrected chi connectivity index (χ4v) is 4.26. The van der Waals surface area contributed by atoms with Crippen LogP contribution in [0.5, 0.6) is 5.75 Å². The van der Waals surface area contributed by atoms with Gasteiger partial charge in [0.2, 0.25) is 10.0 Å². The SMILES string of the molecule is CNC(=O)COc1ccc(N(Cc2ccccc2)c2nc(C(=O)NS(C)(=O)=O)c(C)s2)cc1. The van der Waals surface area contributed by atoms with Crippen LogP contribution in [0.3, 0.4) is 0 Å². The van der Waals surface area contributed by atoms with Crippen molar-refractivity contribution < 1.29 is 22.7 Å². The number of aromatic nitrogens is 1. The monoisotopic (exact) mass is 488 g/mol. The summed E-state index contributed by atoms with van der Waals surface area (Å²) in [4.78, 5) is 30.8. The van der Waals surface area contributed by atoms with Crippen LogP contribution in [0.4, 0.5) is 10.8 Å². The average molecular weight is 489 g/mol. The molecule has 174 valence electrons. The van der Waals surface area contributed by atoms with Crippen LogP contribution in [0.25, 0.3) is 0 Å². The van der Waals surface area contributed by atoms with E-state index in [0.29, 0.717) is 22.3 Å². The van der Waals surface area contributed by atoms with E-state index >= 15 is 0 Å². The predicted octanol–water partition coefficient (Wildman–Crippen LogP) is 2.60. The third-order valence-electron chi connectivity index (χ3n) is 4.49. The summed E-state index contributed by atoms with van der Waals surface area (Å²) in [5.74, 6) is -0.469. The van der Waals surface area contributed by atoms with Crippen LogP contribution in [0, 0.1) is 6.92 Å². The summed E-state index contributed by atoms with van der Waals surface area (Å²) in [7, 11) is -2.17. The molecule has 33 heavy (non-hydrogen) atoms. The number of carbonyl (C=O) groups excluding carboxylic acids is 2. The minimum Gasteiger partial charge on any atom is -0.484 e. The predicted molar refractivity (Wildman–Crippen MR) is 127 cm³/mol. The van der Waals surface area contributed by atoms with E-state index in [-0.39, 0.29) is 18.2 Å². The molecule has 0 bridgehead atoms. The molecule has 0 unspecified atom stereocenters. The first kappa shape index (κ1) is 24.2. The van der Waals surface area contributed by atoms with Crippen molar-refractivity contribution in [2.45, 2.75) is 13.5 Å². The van der Waals surface area contributed by atoms with Crippen LogP contribution < -0.4 is 19.7 Å². The molecule has 3 rings (SSSR count). The van der Waals surface area contributed by atoms with Crippen LogP contribution in [-0.2, 0) is 21.4 Å². The molecule has 1 aromatic heterocycles. The maximum Gasteiger partial charge on any atom is 0.284 e. The number of carbonyl (C=O) groups is 2. The quantitative estimate of drug-likeness (QED) is 0.475. The topological polar surface area (TPSA) is 118 Å². The maximum atomic E-state index is 12.4. The number of nitrogens with one attached hydrogen (secondary N) is 2. The van der Waals surface area contributed by atoms with Gasteiger partial charge in [0.15, 0.2) is 11.7 Å². The molecule has 0 atom stereocenters. The molecule has 2 N–H and O–H groups in total. The summed E-state index contributed by atoms with van der Waals surface area (Å²) in [6.07, 6.45) is 0.920. The van der Waals surface area contributed by atoms with Crippen molar-refractivity contribution >= 4 is 44.0 Å². The van der Waals surface area contributed by atoms with E-state index in [0.717, 1.165) is 17.5 Å². The van der Waals surface area contributed by atoms with Crippen LogP contribution in [0.1, 0.15) is 20.9 Å². The summed E-state index contributed by atoms with van der Waals surface area (Å²) in [5.41, 5.74) is 1.87. The van der Waals surface area contributed by atoms with Gasteiger partial charge in [-0.15, -0.1) is 11.3 Å². The number of hydrogen-bond donors (Lipinski definition) is 2. The third kappa shape index (κ3) is 6.77. The Morgan fingerprint density at radius 2 is 1.76 bits per heavy atom. The van der Waals surface area contributed by atoms with Crippen molar-refractivity contribution in [2.24, 2.45) is 0 Å². The van der Waals surface area contributed by atoms with Gasteiger partial charge in [0.05, 0.1) is 12.8 Å². The highest BCUT2D eigenvalue weighted by atomic mass is 32.2. The summed E-state index contributed by atoms with van der Waals surface area (Å²) < 4.78 is 30.4. The Hall–Kier alpha value is -3.44. The molecule has 3 aromatic rings. The second-order valence-corrected chi connectivity index (χ2v) is 10.1. The zero-order chi connectivity index (χ0) is 24.0. The van der Waals surface area contributed by atoms with Crippen molar-refractivity contribution in [3.8, 4) is 5.75 Å². The summed E-state index contributed by atoms with van der Waals surface area (Å²) in [6, 6.07) is 16.9. The van der Waals surface area contributed by atoms with Crippen molar-refractivity contribution in [1.82, 2.24) is 15.0 Å². The lowest BCUT2D eigenvalue weighted by Gasteiger charge is -2.22. The van der Waals surface area contributed by atoms with Crippen molar-refractivity contribution in [3.05, 3.63) is 70.7 Å². The van der Waals surface area contributed by atoms with Gasteiger partial charge in [-0.25, -0.2) is 18.1 Å². The molecule has 0 aliphatic rings. The van der Waals surface area contributed by atoms with Crippen LogP contribution in [-0.4, -0.2) is 45.1 Å². The standard InChI is InChI=1S/C22H24N4O5S2/c1-15-20(21(28)25-33(3,29)30)24-22(32-15)26(13-16-7-5-4-6-8-16)17-9-11-18(12-10-17)31-14-19(27)23-2/h4-12H,13-14H2,1-3H3,(H,23,27)(H,25,28). The normalized spacial score (nSPS) is 11.0. The van der Waals surface area contributed by atoms with Crippen LogP contribution >= 0.6 is 11.3 Å². The minimum absolute atomic E-state index is 0.0593. The Bertz CT molecular complexity index is 1230. The van der Waals surface area contributed by atoms with Crippen LogP contribution in [0.15, 0.2) is 54.6 Å². The molecule has 0 aliphatic heterocycles. The van der Waals surface area contributed by atoms with E-state index in [9.17, 15) is 18.0 Å².